The lowest BCUT2D eigenvalue weighted by Gasteiger charge is -2.10. The van der Waals surface area contributed by atoms with Crippen molar-refractivity contribution in [2.24, 2.45) is 4.99 Å². The van der Waals surface area contributed by atoms with Gasteiger partial charge < -0.3 is 10.3 Å². The maximum Gasteiger partial charge on any atom is 0.209 e. The molecule has 2 aromatic heterocycles. The van der Waals surface area contributed by atoms with Crippen LogP contribution in [0.25, 0.3) is 22.4 Å². The van der Waals surface area contributed by atoms with E-state index < -0.39 is 0 Å². The topological polar surface area (TPSA) is 88.0 Å². The Morgan fingerprint density at radius 1 is 1.03 bits per heavy atom. The minimum Gasteiger partial charge on any atom is -0.386 e. The number of para-hydroxylation sites is 3. The van der Waals surface area contributed by atoms with E-state index in [0.29, 0.717) is 11.4 Å². The van der Waals surface area contributed by atoms with Crippen LogP contribution in [0.4, 0.5) is 5.69 Å². The van der Waals surface area contributed by atoms with Crippen molar-refractivity contribution < 1.29 is 0 Å². The van der Waals surface area contributed by atoms with E-state index in [1.165, 1.54) is 17.8 Å². The minimum atomic E-state index is -0.178. The van der Waals surface area contributed by atoms with Crippen LogP contribution in [0.3, 0.4) is 0 Å². The standard InChI is InChI=1S/C27H22N6OS/c1-28-24(14-16-29-19-8-3-2-4-9-19)26-25(34)15-17-33(32-26)20-10-7-11-21(18-20)35-27-30-22-12-5-6-13-23(22)31-27/h2-18,28H,1H3,(H,30,31)/b24-14-,29-16+. The number of nitrogens with one attached hydrogen (secondary N) is 2. The monoisotopic (exact) mass is 478 g/mol. The number of rotatable bonds is 7. The van der Waals surface area contributed by atoms with Gasteiger partial charge in [0.2, 0.25) is 5.43 Å². The fourth-order valence-corrected chi connectivity index (χ4v) is 4.36. The second kappa shape index (κ2) is 10.2. The normalized spacial score (nSPS) is 11.9. The van der Waals surface area contributed by atoms with E-state index in [4.69, 9.17) is 0 Å². The van der Waals surface area contributed by atoms with Gasteiger partial charge in [0.25, 0.3) is 0 Å². The molecule has 0 aliphatic rings. The number of fused-ring (bicyclic) bond motifs is 1. The Balaban J connectivity index is 1.42. The van der Waals surface area contributed by atoms with Gasteiger partial charge in [0, 0.05) is 30.4 Å². The minimum absolute atomic E-state index is 0.178. The van der Waals surface area contributed by atoms with E-state index >= 15 is 0 Å². The number of H-pyrrole nitrogens is 1. The number of aromatic amines is 1. The smallest absolute Gasteiger partial charge is 0.209 e. The maximum atomic E-state index is 12.6. The highest BCUT2D eigenvalue weighted by Crippen LogP contribution is 2.28. The number of hydrogen-bond acceptors (Lipinski definition) is 6. The molecule has 3 aromatic carbocycles. The summed E-state index contributed by atoms with van der Waals surface area (Å²) in [5.41, 5.74) is 4.31. The van der Waals surface area contributed by atoms with Crippen molar-refractivity contribution in [2.45, 2.75) is 10.1 Å². The van der Waals surface area contributed by atoms with Gasteiger partial charge >= 0.3 is 0 Å². The van der Waals surface area contributed by atoms with E-state index in [2.05, 4.69) is 25.4 Å². The summed E-state index contributed by atoms with van der Waals surface area (Å²) in [6.07, 6.45) is 5.07. The van der Waals surface area contributed by atoms with Crippen LogP contribution in [-0.4, -0.2) is 33.0 Å². The molecule has 8 heteroatoms. The predicted octanol–water partition coefficient (Wildman–Crippen LogP) is 5.22. The van der Waals surface area contributed by atoms with Crippen LogP contribution in [0.2, 0.25) is 0 Å². The van der Waals surface area contributed by atoms with Crippen molar-refractivity contribution in [1.82, 2.24) is 25.1 Å². The second-order valence-electron chi connectivity index (χ2n) is 7.58. The van der Waals surface area contributed by atoms with Crippen molar-refractivity contribution in [3.05, 3.63) is 113 Å². The molecule has 0 aliphatic heterocycles. The van der Waals surface area contributed by atoms with Crippen LogP contribution in [0.1, 0.15) is 5.69 Å². The number of aromatic nitrogens is 4. The van der Waals surface area contributed by atoms with Crippen molar-refractivity contribution in [1.29, 1.82) is 0 Å². The Bertz CT molecular complexity index is 1550. The Hall–Kier alpha value is -4.43. The Kier molecular flexibility index (Phi) is 6.54. The van der Waals surface area contributed by atoms with Gasteiger partial charge in [0.05, 0.1) is 28.1 Å². The largest absolute Gasteiger partial charge is 0.386 e. The molecule has 0 unspecified atom stereocenters. The fraction of sp³-hybridized carbons (Fsp3) is 0.0370. The van der Waals surface area contributed by atoms with Crippen LogP contribution in [0.5, 0.6) is 0 Å². The second-order valence-corrected chi connectivity index (χ2v) is 8.64. The van der Waals surface area contributed by atoms with Crippen LogP contribution < -0.4 is 10.7 Å². The zero-order valence-corrected chi connectivity index (χ0v) is 19.7. The van der Waals surface area contributed by atoms with Gasteiger partial charge in [-0.25, -0.2) is 9.67 Å². The van der Waals surface area contributed by atoms with E-state index in [1.807, 2.05) is 78.9 Å². The van der Waals surface area contributed by atoms with Gasteiger partial charge in [-0.05, 0) is 48.5 Å². The molecule has 5 rings (SSSR count). The summed E-state index contributed by atoms with van der Waals surface area (Å²) in [4.78, 5) is 26.0. The number of aliphatic imine (C=N–C) groups is 1. The van der Waals surface area contributed by atoms with Crippen LogP contribution in [0, 0.1) is 0 Å². The molecule has 0 bridgehead atoms. The lowest BCUT2D eigenvalue weighted by molar-refractivity contribution is 0.816. The van der Waals surface area contributed by atoms with Gasteiger partial charge in [-0.15, -0.1) is 0 Å². The highest BCUT2D eigenvalue weighted by atomic mass is 32.2. The Morgan fingerprint density at radius 3 is 2.69 bits per heavy atom. The molecule has 0 aliphatic carbocycles. The molecule has 0 atom stereocenters. The molecule has 0 spiro atoms. The summed E-state index contributed by atoms with van der Waals surface area (Å²) >= 11 is 1.54. The maximum absolute atomic E-state index is 12.6. The molecule has 2 heterocycles. The molecule has 35 heavy (non-hydrogen) atoms. The summed E-state index contributed by atoms with van der Waals surface area (Å²) in [5.74, 6) is 0. The van der Waals surface area contributed by atoms with E-state index in [-0.39, 0.29) is 5.43 Å². The molecular weight excluding hydrogens is 456 g/mol. The third kappa shape index (κ3) is 5.23. The summed E-state index contributed by atoms with van der Waals surface area (Å²) in [7, 11) is 1.76. The first-order chi connectivity index (χ1) is 17.2. The average molecular weight is 479 g/mol. The fourth-order valence-electron chi connectivity index (χ4n) is 3.51. The molecule has 2 N–H and O–H groups in total. The molecule has 0 saturated carbocycles. The molecule has 5 aromatic rings. The van der Waals surface area contributed by atoms with Crippen LogP contribution in [0.15, 0.2) is 117 Å². The highest BCUT2D eigenvalue weighted by Gasteiger charge is 2.10. The van der Waals surface area contributed by atoms with Crippen molar-refractivity contribution >= 4 is 40.4 Å². The van der Waals surface area contributed by atoms with E-state index in [0.717, 1.165) is 32.5 Å². The summed E-state index contributed by atoms with van der Waals surface area (Å²) in [5, 5.41) is 8.47. The summed E-state index contributed by atoms with van der Waals surface area (Å²) in [6.45, 7) is 0. The van der Waals surface area contributed by atoms with Gasteiger partial charge in [-0.2, -0.15) is 5.10 Å². The molecule has 0 radical (unpaired) electrons. The first-order valence-electron chi connectivity index (χ1n) is 11.0. The van der Waals surface area contributed by atoms with Crippen molar-refractivity contribution in [2.75, 3.05) is 7.05 Å². The number of hydrogen-bond donors (Lipinski definition) is 2. The first-order valence-corrected chi connectivity index (χ1v) is 11.8. The molecule has 172 valence electrons. The third-order valence-corrected chi connectivity index (χ3v) is 6.09. The van der Waals surface area contributed by atoms with Gasteiger partial charge in [-0.3, -0.25) is 9.79 Å². The Labute approximate surface area is 206 Å². The van der Waals surface area contributed by atoms with Crippen LogP contribution in [-0.2, 0) is 0 Å². The van der Waals surface area contributed by atoms with Gasteiger partial charge in [0.15, 0.2) is 10.9 Å². The van der Waals surface area contributed by atoms with Gasteiger partial charge in [0.1, 0.15) is 0 Å². The van der Waals surface area contributed by atoms with Crippen molar-refractivity contribution in [3.63, 3.8) is 0 Å². The van der Waals surface area contributed by atoms with Gasteiger partial charge in [-0.1, -0.05) is 48.2 Å². The molecular formula is C27H22N6OS. The van der Waals surface area contributed by atoms with Crippen LogP contribution >= 0.6 is 11.8 Å². The zero-order chi connectivity index (χ0) is 24.0. The quantitative estimate of drug-likeness (QED) is 0.313. The number of allylic oxidation sites excluding steroid dienone is 1. The Morgan fingerprint density at radius 2 is 1.86 bits per heavy atom. The average Bonchev–Trinajstić information content (AvgIpc) is 3.30. The molecule has 0 fully saturated rings. The molecule has 0 saturated heterocycles. The van der Waals surface area contributed by atoms with E-state index in [9.17, 15) is 4.79 Å². The molecule has 7 nitrogen and oxygen atoms in total. The lowest BCUT2D eigenvalue weighted by Crippen LogP contribution is -2.20. The predicted molar refractivity (Wildman–Crippen MR) is 142 cm³/mol. The summed E-state index contributed by atoms with van der Waals surface area (Å²) < 4.78 is 1.69. The highest BCUT2D eigenvalue weighted by molar-refractivity contribution is 7.99. The van der Waals surface area contributed by atoms with E-state index in [1.54, 1.807) is 30.2 Å². The summed E-state index contributed by atoms with van der Waals surface area (Å²) in [6, 6.07) is 27.0. The number of imidazole rings is 1. The SMILES string of the molecule is CN/C(=C\C=N\c1ccccc1)c1nn(-c2cccc(Sc3nc4ccccc4[nH]3)c2)ccc1=O. The number of benzene rings is 3. The molecule has 0 amide bonds. The first kappa shape index (κ1) is 22.4. The zero-order valence-electron chi connectivity index (χ0n) is 18.9. The lowest BCUT2D eigenvalue weighted by atomic mass is 10.2. The third-order valence-electron chi connectivity index (χ3n) is 5.22. The van der Waals surface area contributed by atoms with Crippen molar-refractivity contribution in [3.8, 4) is 5.69 Å². The number of nitrogens with zero attached hydrogens (tertiary/aromatic N) is 4.